The Morgan fingerprint density at radius 1 is 0.902 bits per heavy atom. The summed E-state index contributed by atoms with van der Waals surface area (Å²) in [7, 11) is 1.61. The first kappa shape index (κ1) is 27.1. The van der Waals surface area contributed by atoms with Crippen LogP contribution in [-0.4, -0.2) is 28.9 Å². The fourth-order valence-electron chi connectivity index (χ4n) is 5.84. The van der Waals surface area contributed by atoms with Crippen molar-refractivity contribution in [3.05, 3.63) is 117 Å². The average molecular weight is 578 g/mol. The summed E-state index contributed by atoms with van der Waals surface area (Å²) in [5, 5.41) is 6.02. The van der Waals surface area contributed by atoms with Crippen LogP contribution in [0.2, 0.25) is 0 Å². The van der Waals surface area contributed by atoms with Gasteiger partial charge in [0.15, 0.2) is 5.11 Å². The molecule has 1 N–H and O–H groups in total. The highest BCUT2D eigenvalue weighted by Gasteiger charge is 2.39. The number of hydrogen-bond acceptors (Lipinski definition) is 5. The number of benzene rings is 3. The Morgan fingerprint density at radius 3 is 2.34 bits per heavy atom. The van der Waals surface area contributed by atoms with Gasteiger partial charge in [0.2, 0.25) is 0 Å². The Balaban J connectivity index is 1.37. The molecule has 3 heterocycles. The Morgan fingerprint density at radius 2 is 1.59 bits per heavy atom. The molecular weight excluding hydrogens is 547 g/mol. The first-order chi connectivity index (χ1) is 19.5. The number of amides is 2. The molecule has 0 unspecified atom stereocenters. The molecule has 0 atom stereocenters. The second kappa shape index (κ2) is 9.79. The summed E-state index contributed by atoms with van der Waals surface area (Å²) in [6.45, 7) is 8.99. The largest absolute Gasteiger partial charge is 0.355 e. The summed E-state index contributed by atoms with van der Waals surface area (Å²) in [5.41, 5.74) is 7.35. The highest BCUT2D eigenvalue weighted by Crippen LogP contribution is 2.49. The fraction of sp³-hybridized carbons (Fsp3) is 0.206. The molecule has 6 rings (SSSR count). The fourth-order valence-corrected chi connectivity index (χ4v) is 7.12. The zero-order valence-electron chi connectivity index (χ0n) is 23.7. The van der Waals surface area contributed by atoms with Gasteiger partial charge in [-0.3, -0.25) is 19.4 Å². The van der Waals surface area contributed by atoms with E-state index in [1.54, 1.807) is 13.1 Å². The Bertz CT molecular complexity index is 1750. The van der Waals surface area contributed by atoms with Gasteiger partial charge in [0.05, 0.1) is 5.69 Å². The van der Waals surface area contributed by atoms with Crippen molar-refractivity contribution in [2.75, 3.05) is 17.3 Å². The number of nitrogens with zero attached hydrogens (tertiary/aromatic N) is 2. The number of fused-ring (bicyclic) bond motifs is 2. The number of likely N-dealkylation sites (N-methyl/N-ethyl adjacent to an activating group) is 1. The van der Waals surface area contributed by atoms with Crippen molar-refractivity contribution in [2.45, 2.75) is 38.5 Å². The molecule has 3 aromatic carbocycles. The number of thiocarbonyl (C=S) groups is 1. The van der Waals surface area contributed by atoms with Crippen molar-refractivity contribution < 1.29 is 9.59 Å². The lowest BCUT2D eigenvalue weighted by Gasteiger charge is -2.39. The molecule has 2 aliphatic heterocycles. The van der Waals surface area contributed by atoms with E-state index in [0.717, 1.165) is 21.8 Å². The molecule has 0 spiro atoms. The normalized spacial score (nSPS) is 17.4. The maximum Gasteiger partial charge on any atom is 0.270 e. The minimum absolute atomic E-state index is 0.0910. The lowest BCUT2D eigenvalue weighted by molar-refractivity contribution is -0.127. The number of carbonyl (C=O) groups is 2. The SMILES string of the molecule is CN1C(=O)/C(=C\c2cc(C(C)(C)c3cccc4c3Nc3ccccc3C4(C)C)cs2)C(=O)N(c2ccccc2)C1=S. The first-order valence-electron chi connectivity index (χ1n) is 13.5. The maximum absolute atomic E-state index is 13.6. The van der Waals surface area contributed by atoms with Crippen molar-refractivity contribution in [3.8, 4) is 0 Å². The summed E-state index contributed by atoms with van der Waals surface area (Å²) >= 11 is 7.00. The van der Waals surface area contributed by atoms with Gasteiger partial charge in [0.25, 0.3) is 11.8 Å². The topological polar surface area (TPSA) is 52.7 Å². The third-order valence-corrected chi connectivity index (χ3v) is 9.70. The van der Waals surface area contributed by atoms with Crippen LogP contribution in [0.15, 0.2) is 89.8 Å². The molecule has 1 fully saturated rings. The van der Waals surface area contributed by atoms with E-state index in [2.05, 4.69) is 86.9 Å². The molecule has 7 heteroatoms. The third-order valence-electron chi connectivity index (χ3n) is 8.36. The molecular formula is C34H31N3O2S2. The van der Waals surface area contributed by atoms with Crippen LogP contribution in [0.25, 0.3) is 6.08 Å². The number of hydrogen-bond donors (Lipinski definition) is 1. The third kappa shape index (κ3) is 4.31. The van der Waals surface area contributed by atoms with Gasteiger partial charge in [-0.05, 0) is 70.2 Å². The molecule has 1 aromatic heterocycles. The van der Waals surface area contributed by atoms with Crippen LogP contribution < -0.4 is 10.2 Å². The van der Waals surface area contributed by atoms with E-state index in [4.69, 9.17) is 12.2 Å². The van der Waals surface area contributed by atoms with Crippen LogP contribution in [0.5, 0.6) is 0 Å². The van der Waals surface area contributed by atoms with Crippen molar-refractivity contribution >= 4 is 63.6 Å². The quantitative estimate of drug-likeness (QED) is 0.154. The standard InChI is InChI=1S/C34H31N3O2S2/c1-33(2,26-15-11-16-27-29(26)35-28-17-10-9-14-25(28)34(27,3)4)21-18-23(41-20-21)19-24-30(38)36(5)32(40)37(31(24)39)22-12-7-6-8-13-22/h6-20,35H,1-5H3/b24-19+. The summed E-state index contributed by atoms with van der Waals surface area (Å²) < 4.78 is 0. The molecule has 2 amide bonds. The molecule has 1 saturated heterocycles. The second-order valence-electron chi connectivity index (χ2n) is 11.6. The van der Waals surface area contributed by atoms with Crippen molar-refractivity contribution in [3.63, 3.8) is 0 Å². The molecule has 0 saturated carbocycles. The van der Waals surface area contributed by atoms with Crippen molar-refractivity contribution in [1.82, 2.24) is 4.90 Å². The van der Waals surface area contributed by atoms with E-state index in [0.29, 0.717) is 5.69 Å². The summed E-state index contributed by atoms with van der Waals surface area (Å²) in [4.78, 5) is 30.4. The lowest BCUT2D eigenvalue weighted by atomic mass is 9.70. The maximum atomic E-state index is 13.6. The van der Waals surface area contributed by atoms with Gasteiger partial charge in [-0.25, -0.2) is 0 Å². The zero-order valence-corrected chi connectivity index (χ0v) is 25.3. The number of para-hydroxylation sites is 3. The highest BCUT2D eigenvalue weighted by atomic mass is 32.1. The molecule has 4 aromatic rings. The summed E-state index contributed by atoms with van der Waals surface area (Å²) in [5.74, 6) is -0.815. The molecule has 5 nitrogen and oxygen atoms in total. The van der Waals surface area contributed by atoms with Gasteiger partial charge in [-0.2, -0.15) is 0 Å². The van der Waals surface area contributed by atoms with Crippen LogP contribution in [0.4, 0.5) is 17.1 Å². The summed E-state index contributed by atoms with van der Waals surface area (Å²) in [6.07, 6.45) is 1.70. The monoisotopic (exact) mass is 577 g/mol. The van der Waals surface area contributed by atoms with E-state index < -0.39 is 11.8 Å². The summed E-state index contributed by atoms with van der Waals surface area (Å²) in [6, 6.07) is 26.3. The number of rotatable bonds is 4. The first-order valence-corrected chi connectivity index (χ1v) is 14.8. The van der Waals surface area contributed by atoms with Crippen LogP contribution in [0.3, 0.4) is 0 Å². The van der Waals surface area contributed by atoms with Crippen LogP contribution in [-0.2, 0) is 20.4 Å². The van der Waals surface area contributed by atoms with E-state index in [1.807, 2.05) is 30.3 Å². The average Bonchev–Trinajstić information content (AvgIpc) is 3.44. The van der Waals surface area contributed by atoms with Crippen LogP contribution >= 0.6 is 23.6 Å². The predicted octanol–water partition coefficient (Wildman–Crippen LogP) is 7.63. The van der Waals surface area contributed by atoms with Crippen molar-refractivity contribution in [2.24, 2.45) is 0 Å². The van der Waals surface area contributed by atoms with Crippen LogP contribution in [0, 0.1) is 0 Å². The minimum Gasteiger partial charge on any atom is -0.355 e. The van der Waals surface area contributed by atoms with Crippen molar-refractivity contribution in [1.29, 1.82) is 0 Å². The van der Waals surface area contributed by atoms with Gasteiger partial charge >= 0.3 is 0 Å². The molecule has 0 radical (unpaired) electrons. The molecule has 0 bridgehead atoms. The van der Waals surface area contributed by atoms with E-state index >= 15 is 0 Å². The highest BCUT2D eigenvalue weighted by molar-refractivity contribution is 7.80. The smallest absolute Gasteiger partial charge is 0.270 e. The molecule has 2 aliphatic rings. The van der Waals surface area contributed by atoms with E-state index in [-0.39, 0.29) is 21.5 Å². The van der Waals surface area contributed by atoms with E-state index in [9.17, 15) is 9.59 Å². The number of carbonyl (C=O) groups excluding carboxylic acids is 2. The zero-order chi connectivity index (χ0) is 29.1. The van der Waals surface area contributed by atoms with Gasteiger partial charge in [-0.1, -0.05) is 82.3 Å². The van der Waals surface area contributed by atoms with Gasteiger partial charge < -0.3 is 5.32 Å². The van der Waals surface area contributed by atoms with E-state index in [1.165, 1.54) is 37.8 Å². The number of thiophene rings is 1. The molecule has 41 heavy (non-hydrogen) atoms. The predicted molar refractivity (Wildman–Crippen MR) is 172 cm³/mol. The Kier molecular flexibility index (Phi) is 6.47. The molecule has 206 valence electrons. The Hall–Kier alpha value is -4.07. The number of anilines is 3. The minimum atomic E-state index is -0.416. The number of nitrogens with one attached hydrogen (secondary N) is 1. The van der Waals surface area contributed by atoms with Gasteiger partial charge in [-0.15, -0.1) is 11.3 Å². The Labute approximate surface area is 250 Å². The molecule has 0 aliphatic carbocycles. The second-order valence-corrected chi connectivity index (χ2v) is 12.9. The van der Waals surface area contributed by atoms with Gasteiger partial charge in [0.1, 0.15) is 5.57 Å². The van der Waals surface area contributed by atoms with Crippen LogP contribution in [0.1, 0.15) is 54.8 Å². The van der Waals surface area contributed by atoms with Gasteiger partial charge in [0, 0.05) is 34.1 Å². The lowest BCUT2D eigenvalue weighted by Crippen LogP contribution is -2.54.